The molecule has 2 heterocycles. The fourth-order valence-electron chi connectivity index (χ4n) is 2.64. The molecule has 1 aromatic carbocycles. The van der Waals surface area contributed by atoms with Gasteiger partial charge in [-0.25, -0.2) is 4.98 Å². The van der Waals surface area contributed by atoms with Gasteiger partial charge in [0.15, 0.2) is 5.82 Å². The lowest BCUT2D eigenvalue weighted by Gasteiger charge is -2.18. The molecule has 23 heavy (non-hydrogen) atoms. The number of aromatic nitrogens is 4. The van der Waals surface area contributed by atoms with Gasteiger partial charge in [0.05, 0.1) is 6.54 Å². The number of hydrogen-bond acceptors (Lipinski definition) is 5. The molecule has 6 nitrogen and oxygen atoms in total. The van der Waals surface area contributed by atoms with Crippen molar-refractivity contribution in [3.63, 3.8) is 0 Å². The molecule has 2 aromatic heterocycles. The normalized spacial score (nSPS) is 14.1. The summed E-state index contributed by atoms with van der Waals surface area (Å²) in [5, 5.41) is 8.68. The number of anilines is 1. The third kappa shape index (κ3) is 2.84. The van der Waals surface area contributed by atoms with Crippen molar-refractivity contribution in [1.29, 1.82) is 0 Å². The van der Waals surface area contributed by atoms with Gasteiger partial charge in [0.25, 0.3) is 0 Å². The maximum Gasteiger partial charge on any atom is 0.203 e. The third-order valence-electron chi connectivity index (χ3n) is 4.08. The number of fused-ring (bicyclic) bond motifs is 1. The van der Waals surface area contributed by atoms with Crippen LogP contribution in [-0.4, -0.2) is 39.8 Å². The van der Waals surface area contributed by atoms with E-state index in [2.05, 4.69) is 24.5 Å². The topological polar surface area (TPSA) is 55.5 Å². The first kappa shape index (κ1) is 14.0. The maximum atomic E-state index is 5.75. The van der Waals surface area contributed by atoms with Gasteiger partial charge in [-0.05, 0) is 25.0 Å². The monoisotopic (exact) mass is 309 g/mol. The molecule has 0 unspecified atom stereocenters. The molecule has 0 atom stereocenters. The molecule has 1 aliphatic carbocycles. The Balaban J connectivity index is 1.47. The Morgan fingerprint density at radius 2 is 2.04 bits per heavy atom. The van der Waals surface area contributed by atoms with Crippen LogP contribution >= 0.6 is 0 Å². The molecular weight excluding hydrogens is 290 g/mol. The maximum absolute atomic E-state index is 5.75. The predicted octanol–water partition coefficient (Wildman–Crippen LogP) is 2.52. The van der Waals surface area contributed by atoms with E-state index in [-0.39, 0.29) is 0 Å². The van der Waals surface area contributed by atoms with Crippen LogP contribution in [0, 0.1) is 0 Å². The van der Waals surface area contributed by atoms with Crippen molar-refractivity contribution in [1.82, 2.24) is 19.6 Å². The van der Waals surface area contributed by atoms with E-state index in [1.165, 1.54) is 12.8 Å². The van der Waals surface area contributed by atoms with E-state index in [0.717, 1.165) is 29.6 Å². The first-order valence-corrected chi connectivity index (χ1v) is 7.91. The summed E-state index contributed by atoms with van der Waals surface area (Å²) in [4.78, 5) is 6.53. The number of benzene rings is 1. The minimum Gasteiger partial charge on any atom is -0.492 e. The molecule has 0 aliphatic heterocycles. The van der Waals surface area contributed by atoms with Crippen molar-refractivity contribution >= 4 is 11.5 Å². The van der Waals surface area contributed by atoms with E-state index in [1.54, 1.807) is 0 Å². The van der Waals surface area contributed by atoms with Crippen LogP contribution in [0.15, 0.2) is 42.7 Å². The van der Waals surface area contributed by atoms with Gasteiger partial charge in [0, 0.05) is 25.4 Å². The van der Waals surface area contributed by atoms with Crippen molar-refractivity contribution in [3.8, 4) is 5.75 Å². The van der Waals surface area contributed by atoms with Gasteiger partial charge in [-0.1, -0.05) is 18.2 Å². The second-order valence-electron chi connectivity index (χ2n) is 5.86. The zero-order valence-electron chi connectivity index (χ0n) is 13.1. The van der Waals surface area contributed by atoms with Crippen molar-refractivity contribution in [2.24, 2.45) is 0 Å². The SMILES string of the molecule is CN(CCOc1ccccc1)c1nccn2c(C3CC3)nnc12. The van der Waals surface area contributed by atoms with E-state index in [9.17, 15) is 0 Å². The highest BCUT2D eigenvalue weighted by Gasteiger charge is 2.29. The first-order chi connectivity index (χ1) is 11.3. The summed E-state index contributed by atoms with van der Waals surface area (Å²) in [6.45, 7) is 1.32. The molecule has 1 saturated carbocycles. The molecule has 0 radical (unpaired) electrons. The zero-order chi connectivity index (χ0) is 15.6. The summed E-state index contributed by atoms with van der Waals surface area (Å²) in [5.74, 6) is 3.33. The molecular formula is C17H19N5O. The van der Waals surface area contributed by atoms with Gasteiger partial charge in [0.2, 0.25) is 5.65 Å². The van der Waals surface area contributed by atoms with Crippen LogP contribution in [0.2, 0.25) is 0 Å². The molecule has 4 rings (SSSR count). The highest BCUT2D eigenvalue weighted by atomic mass is 16.5. The van der Waals surface area contributed by atoms with E-state index < -0.39 is 0 Å². The molecule has 1 fully saturated rings. The molecule has 118 valence electrons. The fourth-order valence-corrected chi connectivity index (χ4v) is 2.64. The van der Waals surface area contributed by atoms with Crippen LogP contribution in [0.25, 0.3) is 5.65 Å². The van der Waals surface area contributed by atoms with Crippen LogP contribution in [0.5, 0.6) is 5.75 Å². The van der Waals surface area contributed by atoms with Crippen LogP contribution in [-0.2, 0) is 0 Å². The van der Waals surface area contributed by atoms with Crippen molar-refractivity contribution < 1.29 is 4.74 Å². The standard InChI is InChI=1S/C17H19N5O/c1-21(11-12-23-14-5-3-2-4-6-14)16-17-20-19-15(13-7-8-13)22(17)10-9-18-16/h2-6,9-10,13H,7-8,11-12H2,1H3. The number of hydrogen-bond donors (Lipinski definition) is 0. The minimum atomic E-state index is 0.562. The minimum absolute atomic E-state index is 0.562. The molecule has 0 bridgehead atoms. The van der Waals surface area contributed by atoms with Crippen molar-refractivity contribution in [2.45, 2.75) is 18.8 Å². The highest BCUT2D eigenvalue weighted by Crippen LogP contribution is 2.39. The van der Waals surface area contributed by atoms with E-state index >= 15 is 0 Å². The Bertz CT molecular complexity index is 797. The second-order valence-corrected chi connectivity index (χ2v) is 5.86. The number of para-hydroxylation sites is 1. The summed E-state index contributed by atoms with van der Waals surface area (Å²) < 4.78 is 7.82. The summed E-state index contributed by atoms with van der Waals surface area (Å²) >= 11 is 0. The summed E-state index contributed by atoms with van der Waals surface area (Å²) in [5.41, 5.74) is 0.816. The quantitative estimate of drug-likeness (QED) is 0.700. The second kappa shape index (κ2) is 5.87. The van der Waals surface area contributed by atoms with E-state index in [4.69, 9.17) is 4.74 Å². The predicted molar refractivity (Wildman–Crippen MR) is 88.0 cm³/mol. The fraction of sp³-hybridized carbons (Fsp3) is 0.353. The van der Waals surface area contributed by atoms with Crippen LogP contribution < -0.4 is 9.64 Å². The van der Waals surface area contributed by atoms with Gasteiger partial charge >= 0.3 is 0 Å². The van der Waals surface area contributed by atoms with Crippen molar-refractivity contribution in [2.75, 3.05) is 25.1 Å². The average Bonchev–Trinajstić information content (AvgIpc) is 3.34. The Labute approximate surface area is 134 Å². The lowest BCUT2D eigenvalue weighted by atomic mass is 10.3. The Hall–Kier alpha value is -2.63. The van der Waals surface area contributed by atoms with Gasteiger partial charge < -0.3 is 9.64 Å². The third-order valence-corrected chi connectivity index (χ3v) is 4.08. The highest BCUT2D eigenvalue weighted by molar-refractivity contribution is 5.63. The van der Waals surface area contributed by atoms with Gasteiger partial charge in [-0.3, -0.25) is 4.40 Å². The molecule has 0 N–H and O–H groups in total. The molecule has 3 aromatic rings. The summed E-state index contributed by atoms with van der Waals surface area (Å²) in [6, 6.07) is 9.83. The largest absolute Gasteiger partial charge is 0.492 e. The van der Waals surface area contributed by atoms with Crippen molar-refractivity contribution in [3.05, 3.63) is 48.5 Å². The molecule has 6 heteroatoms. The molecule has 0 amide bonds. The van der Waals surface area contributed by atoms with E-state index in [1.807, 2.05) is 49.8 Å². The molecule has 0 saturated heterocycles. The van der Waals surface area contributed by atoms with Crippen LogP contribution in [0.3, 0.4) is 0 Å². The molecule has 1 aliphatic rings. The lowest BCUT2D eigenvalue weighted by molar-refractivity contribution is 0.325. The molecule has 0 spiro atoms. The number of nitrogens with zero attached hydrogens (tertiary/aromatic N) is 5. The lowest BCUT2D eigenvalue weighted by Crippen LogP contribution is -2.25. The Morgan fingerprint density at radius 1 is 1.22 bits per heavy atom. The average molecular weight is 309 g/mol. The van der Waals surface area contributed by atoms with E-state index in [0.29, 0.717) is 12.5 Å². The van der Waals surface area contributed by atoms with Gasteiger partial charge in [-0.15, -0.1) is 10.2 Å². The van der Waals surface area contributed by atoms with Crippen LogP contribution in [0.1, 0.15) is 24.6 Å². The smallest absolute Gasteiger partial charge is 0.203 e. The number of ether oxygens (including phenoxy) is 1. The number of rotatable bonds is 6. The first-order valence-electron chi connectivity index (χ1n) is 7.91. The van der Waals surface area contributed by atoms with Crippen LogP contribution in [0.4, 0.5) is 5.82 Å². The Morgan fingerprint density at radius 3 is 2.83 bits per heavy atom. The van der Waals surface area contributed by atoms with Gasteiger partial charge in [-0.2, -0.15) is 0 Å². The Kier molecular flexibility index (Phi) is 3.57. The zero-order valence-corrected chi connectivity index (χ0v) is 13.1. The summed E-state index contributed by atoms with van der Waals surface area (Å²) in [7, 11) is 2.00. The van der Waals surface area contributed by atoms with Gasteiger partial charge in [0.1, 0.15) is 18.2 Å². The summed E-state index contributed by atoms with van der Waals surface area (Å²) in [6.07, 6.45) is 6.17. The number of likely N-dealkylation sites (N-methyl/N-ethyl adjacent to an activating group) is 1.